The van der Waals surface area contributed by atoms with Crippen molar-refractivity contribution >= 4 is 5.91 Å². The number of halogens is 3. The predicted molar refractivity (Wildman–Crippen MR) is 90.6 cm³/mol. The molecule has 0 radical (unpaired) electrons. The normalized spacial score (nSPS) is 12.8. The van der Waals surface area contributed by atoms with E-state index in [0.29, 0.717) is 23.8 Å². The summed E-state index contributed by atoms with van der Waals surface area (Å²) in [4.78, 5) is 20.5. The van der Waals surface area contributed by atoms with Crippen molar-refractivity contribution in [2.24, 2.45) is 0 Å². The number of alkyl halides is 3. The van der Waals surface area contributed by atoms with Gasteiger partial charge in [-0.2, -0.15) is 23.3 Å². The maximum atomic E-state index is 12.7. The summed E-state index contributed by atoms with van der Waals surface area (Å²) in [6, 6.07) is 1.66. The number of nitrogens with zero attached hydrogens (tertiary/aromatic N) is 5. The van der Waals surface area contributed by atoms with Gasteiger partial charge < -0.3 is 9.84 Å². The molecule has 0 aromatic carbocycles. The third-order valence-electron chi connectivity index (χ3n) is 4.12. The van der Waals surface area contributed by atoms with Gasteiger partial charge in [0.2, 0.25) is 5.89 Å². The van der Waals surface area contributed by atoms with Gasteiger partial charge in [-0.1, -0.05) is 12.1 Å². The van der Waals surface area contributed by atoms with Crippen LogP contribution in [0.1, 0.15) is 52.7 Å². The van der Waals surface area contributed by atoms with E-state index >= 15 is 0 Å². The zero-order valence-corrected chi connectivity index (χ0v) is 15.3. The fourth-order valence-electron chi connectivity index (χ4n) is 2.58. The van der Waals surface area contributed by atoms with E-state index in [1.165, 1.54) is 16.9 Å². The van der Waals surface area contributed by atoms with Crippen molar-refractivity contribution in [1.82, 2.24) is 30.2 Å². The second-order valence-electron chi connectivity index (χ2n) is 6.06. The van der Waals surface area contributed by atoms with Gasteiger partial charge in [0, 0.05) is 13.1 Å². The molecule has 3 aromatic rings. The van der Waals surface area contributed by atoms with E-state index in [4.69, 9.17) is 4.52 Å². The number of aryl methyl sites for hydroxylation is 1. The van der Waals surface area contributed by atoms with Crippen LogP contribution in [0.3, 0.4) is 0 Å². The van der Waals surface area contributed by atoms with Crippen molar-refractivity contribution in [3.8, 4) is 5.82 Å². The second kappa shape index (κ2) is 7.41. The SMILES string of the molecule is CC[C@H](NC(=O)c1cnn(-c2ccc(C(F)(F)F)cn2)c1C)c1noc(C)n1. The van der Waals surface area contributed by atoms with Crippen LogP contribution in [-0.2, 0) is 6.18 Å². The number of amides is 1. The Kier molecular flexibility index (Phi) is 5.16. The maximum Gasteiger partial charge on any atom is 0.417 e. The molecule has 1 N–H and O–H groups in total. The van der Waals surface area contributed by atoms with Crippen LogP contribution in [0.25, 0.3) is 5.82 Å². The van der Waals surface area contributed by atoms with Gasteiger partial charge in [-0.15, -0.1) is 0 Å². The molecular weight excluding hydrogens is 377 g/mol. The molecule has 0 spiro atoms. The highest BCUT2D eigenvalue weighted by molar-refractivity contribution is 5.95. The Hall–Kier alpha value is -3.24. The first-order valence-corrected chi connectivity index (χ1v) is 8.40. The minimum atomic E-state index is -4.47. The van der Waals surface area contributed by atoms with Crippen molar-refractivity contribution in [1.29, 1.82) is 0 Å². The minimum Gasteiger partial charge on any atom is -0.342 e. The number of carbonyl (C=O) groups is 1. The van der Waals surface area contributed by atoms with Gasteiger partial charge in [0.25, 0.3) is 5.91 Å². The summed E-state index contributed by atoms with van der Waals surface area (Å²) in [5, 5.41) is 10.7. The van der Waals surface area contributed by atoms with Crippen LogP contribution in [0.15, 0.2) is 29.0 Å². The summed E-state index contributed by atoms with van der Waals surface area (Å²) in [5.74, 6) is 0.512. The molecule has 0 saturated heterocycles. The Morgan fingerprint density at radius 3 is 2.57 bits per heavy atom. The molecule has 3 rings (SSSR count). The summed E-state index contributed by atoms with van der Waals surface area (Å²) in [6.45, 7) is 5.13. The number of rotatable bonds is 5. The first-order valence-electron chi connectivity index (χ1n) is 8.40. The number of pyridine rings is 1. The first kappa shape index (κ1) is 19.5. The van der Waals surface area contributed by atoms with E-state index in [-0.39, 0.29) is 11.4 Å². The van der Waals surface area contributed by atoms with Crippen LogP contribution in [0.2, 0.25) is 0 Å². The average molecular weight is 394 g/mol. The van der Waals surface area contributed by atoms with Crippen LogP contribution in [0.4, 0.5) is 13.2 Å². The largest absolute Gasteiger partial charge is 0.417 e. The zero-order chi connectivity index (χ0) is 20.5. The highest BCUT2D eigenvalue weighted by atomic mass is 19.4. The van der Waals surface area contributed by atoms with E-state index in [9.17, 15) is 18.0 Å². The summed E-state index contributed by atoms with van der Waals surface area (Å²) in [5.41, 5.74) is -0.163. The molecular formula is C17H17F3N6O2. The van der Waals surface area contributed by atoms with E-state index < -0.39 is 23.7 Å². The van der Waals surface area contributed by atoms with Crippen molar-refractivity contribution in [3.05, 3.63) is 53.1 Å². The summed E-state index contributed by atoms with van der Waals surface area (Å²) in [7, 11) is 0. The highest BCUT2D eigenvalue weighted by Gasteiger charge is 2.31. The van der Waals surface area contributed by atoms with Crippen LogP contribution in [0.5, 0.6) is 0 Å². The quantitative estimate of drug-likeness (QED) is 0.714. The number of carbonyl (C=O) groups excluding carboxylic acids is 1. The molecule has 0 aliphatic rings. The molecule has 0 fully saturated rings. The highest BCUT2D eigenvalue weighted by Crippen LogP contribution is 2.28. The van der Waals surface area contributed by atoms with Gasteiger partial charge in [0.1, 0.15) is 0 Å². The average Bonchev–Trinajstić information content (AvgIpc) is 3.24. The van der Waals surface area contributed by atoms with E-state index in [2.05, 4.69) is 25.5 Å². The number of hydrogen-bond acceptors (Lipinski definition) is 6. The molecule has 8 nitrogen and oxygen atoms in total. The fourth-order valence-corrected chi connectivity index (χ4v) is 2.58. The van der Waals surface area contributed by atoms with Gasteiger partial charge in [-0.05, 0) is 25.5 Å². The number of hydrogen-bond donors (Lipinski definition) is 1. The fraction of sp³-hybridized carbons (Fsp3) is 0.353. The molecule has 148 valence electrons. The minimum absolute atomic E-state index is 0.172. The molecule has 3 aromatic heterocycles. The van der Waals surface area contributed by atoms with Gasteiger partial charge >= 0.3 is 6.18 Å². The standard InChI is InChI=1S/C17H17F3N6O2/c1-4-13(15-23-10(3)28-25-15)24-16(27)12-8-22-26(9(12)2)14-6-5-11(7-21-14)17(18,19)20/h5-8,13H,4H2,1-3H3,(H,24,27)/t13-/m0/s1. The Balaban J connectivity index is 1.81. The molecule has 0 aliphatic heterocycles. The maximum absolute atomic E-state index is 12.7. The van der Waals surface area contributed by atoms with E-state index in [1.54, 1.807) is 13.8 Å². The first-order chi connectivity index (χ1) is 13.2. The van der Waals surface area contributed by atoms with Gasteiger partial charge in [0.05, 0.1) is 29.1 Å². The smallest absolute Gasteiger partial charge is 0.342 e. The summed E-state index contributed by atoms with van der Waals surface area (Å²) < 4.78 is 44.3. The summed E-state index contributed by atoms with van der Waals surface area (Å²) in [6.07, 6.45) is -1.88. The van der Waals surface area contributed by atoms with Crippen molar-refractivity contribution in [2.75, 3.05) is 0 Å². The topological polar surface area (TPSA) is 98.7 Å². The van der Waals surface area contributed by atoms with E-state index in [0.717, 1.165) is 12.3 Å². The van der Waals surface area contributed by atoms with Crippen LogP contribution in [0, 0.1) is 13.8 Å². The van der Waals surface area contributed by atoms with Crippen molar-refractivity contribution < 1.29 is 22.5 Å². The molecule has 28 heavy (non-hydrogen) atoms. The monoisotopic (exact) mass is 394 g/mol. The lowest BCUT2D eigenvalue weighted by atomic mass is 10.2. The van der Waals surface area contributed by atoms with Crippen molar-refractivity contribution in [3.63, 3.8) is 0 Å². The van der Waals surface area contributed by atoms with Gasteiger partial charge in [-0.3, -0.25) is 4.79 Å². The second-order valence-corrected chi connectivity index (χ2v) is 6.06. The third kappa shape index (κ3) is 3.87. The van der Waals surface area contributed by atoms with Crippen LogP contribution < -0.4 is 5.32 Å². The Labute approximate surface area is 157 Å². The van der Waals surface area contributed by atoms with E-state index in [1.807, 2.05) is 6.92 Å². The Morgan fingerprint density at radius 2 is 2.04 bits per heavy atom. The van der Waals surface area contributed by atoms with Gasteiger partial charge in [0.15, 0.2) is 11.6 Å². The molecule has 0 bridgehead atoms. The summed E-state index contributed by atoms with van der Waals surface area (Å²) >= 11 is 0. The Morgan fingerprint density at radius 1 is 1.29 bits per heavy atom. The van der Waals surface area contributed by atoms with Crippen molar-refractivity contribution in [2.45, 2.75) is 39.4 Å². The predicted octanol–water partition coefficient (Wildman–Crippen LogP) is 3.17. The van der Waals surface area contributed by atoms with Gasteiger partial charge in [-0.25, -0.2) is 9.67 Å². The lowest BCUT2D eigenvalue weighted by molar-refractivity contribution is -0.137. The molecule has 11 heteroatoms. The molecule has 1 atom stereocenters. The molecule has 0 unspecified atom stereocenters. The van der Waals surface area contributed by atoms with Crippen LogP contribution in [-0.4, -0.2) is 30.8 Å². The molecule has 1 amide bonds. The third-order valence-corrected chi connectivity index (χ3v) is 4.12. The molecule has 0 aliphatic carbocycles. The van der Waals surface area contributed by atoms with Crippen LogP contribution >= 0.6 is 0 Å². The number of aromatic nitrogens is 5. The Bertz CT molecular complexity index is 978. The molecule has 0 saturated carbocycles. The lowest BCUT2D eigenvalue weighted by Crippen LogP contribution is -2.29. The zero-order valence-electron chi connectivity index (χ0n) is 15.3. The molecule has 3 heterocycles. The lowest BCUT2D eigenvalue weighted by Gasteiger charge is -2.13. The number of nitrogens with one attached hydrogen (secondary N) is 1.